The lowest BCUT2D eigenvalue weighted by atomic mass is 10.1. The third-order valence-corrected chi connectivity index (χ3v) is 3.26. The highest BCUT2D eigenvalue weighted by atomic mass is 16.5. The largest absolute Gasteiger partial charge is 0.493 e. The van der Waals surface area contributed by atoms with Crippen molar-refractivity contribution in [3.8, 4) is 11.5 Å². The van der Waals surface area contributed by atoms with Crippen LogP contribution in [0.4, 0.5) is 0 Å². The van der Waals surface area contributed by atoms with Crippen molar-refractivity contribution in [3.63, 3.8) is 0 Å². The van der Waals surface area contributed by atoms with Gasteiger partial charge in [-0.2, -0.15) is 0 Å². The van der Waals surface area contributed by atoms with Gasteiger partial charge in [0.25, 0.3) is 0 Å². The van der Waals surface area contributed by atoms with Crippen LogP contribution in [0.25, 0.3) is 0 Å². The van der Waals surface area contributed by atoms with E-state index in [4.69, 9.17) is 15.2 Å². The van der Waals surface area contributed by atoms with Gasteiger partial charge in [0.15, 0.2) is 11.5 Å². The lowest BCUT2D eigenvalue weighted by Gasteiger charge is -2.20. The van der Waals surface area contributed by atoms with Crippen molar-refractivity contribution < 1.29 is 9.47 Å². The molecular weight excluding hydrogens is 250 g/mol. The van der Waals surface area contributed by atoms with Crippen LogP contribution in [0.1, 0.15) is 24.2 Å². The molecule has 106 valence electrons. The first-order valence-electron chi connectivity index (χ1n) is 6.83. The molecular formula is C17H21NO2. The van der Waals surface area contributed by atoms with Crippen LogP contribution in [0, 0.1) is 0 Å². The zero-order valence-electron chi connectivity index (χ0n) is 12.0. The normalized spacial score (nSPS) is 11.9. The minimum Gasteiger partial charge on any atom is -0.493 e. The molecule has 0 saturated carbocycles. The van der Waals surface area contributed by atoms with Gasteiger partial charge in [-0.05, 0) is 37.1 Å². The van der Waals surface area contributed by atoms with Crippen LogP contribution in [0.5, 0.6) is 11.5 Å². The van der Waals surface area contributed by atoms with Gasteiger partial charge in [0, 0.05) is 0 Å². The van der Waals surface area contributed by atoms with Crippen LogP contribution in [0.2, 0.25) is 0 Å². The number of para-hydroxylation sites is 1. The van der Waals surface area contributed by atoms with E-state index >= 15 is 0 Å². The molecule has 3 nitrogen and oxygen atoms in total. The molecule has 3 heteroatoms. The highest BCUT2D eigenvalue weighted by molar-refractivity contribution is 5.47. The third-order valence-electron chi connectivity index (χ3n) is 3.26. The number of hydrogen-bond acceptors (Lipinski definition) is 3. The van der Waals surface area contributed by atoms with Gasteiger partial charge < -0.3 is 15.2 Å². The number of methoxy groups -OCH3 is 1. The molecule has 0 aliphatic heterocycles. The van der Waals surface area contributed by atoms with Gasteiger partial charge in [-0.15, -0.1) is 0 Å². The fourth-order valence-electron chi connectivity index (χ4n) is 2.18. The van der Waals surface area contributed by atoms with Crippen LogP contribution in [-0.2, 0) is 6.42 Å². The molecule has 0 amide bonds. The molecule has 1 unspecified atom stereocenters. The summed E-state index contributed by atoms with van der Waals surface area (Å²) in [5.74, 6) is 1.54. The van der Waals surface area contributed by atoms with Gasteiger partial charge in [0.05, 0.1) is 7.11 Å². The second-order valence-corrected chi connectivity index (χ2v) is 4.66. The van der Waals surface area contributed by atoms with E-state index in [2.05, 4.69) is 12.1 Å². The molecule has 2 N–H and O–H groups in total. The van der Waals surface area contributed by atoms with E-state index in [1.165, 1.54) is 0 Å². The number of benzene rings is 2. The van der Waals surface area contributed by atoms with Crippen molar-refractivity contribution in [2.45, 2.75) is 19.4 Å². The van der Waals surface area contributed by atoms with E-state index in [9.17, 15) is 0 Å². The van der Waals surface area contributed by atoms with Gasteiger partial charge in [-0.1, -0.05) is 42.5 Å². The fraction of sp³-hybridized carbons (Fsp3) is 0.294. The van der Waals surface area contributed by atoms with Crippen LogP contribution in [-0.4, -0.2) is 13.7 Å². The molecule has 2 aromatic carbocycles. The van der Waals surface area contributed by atoms with Crippen LogP contribution in [0.15, 0.2) is 48.5 Å². The van der Waals surface area contributed by atoms with Gasteiger partial charge >= 0.3 is 0 Å². The zero-order valence-corrected chi connectivity index (χ0v) is 12.0. The van der Waals surface area contributed by atoms with Crippen LogP contribution in [0.3, 0.4) is 0 Å². The first-order valence-corrected chi connectivity index (χ1v) is 6.83. The molecule has 0 aromatic heterocycles. The zero-order chi connectivity index (χ0) is 14.4. The minimum atomic E-state index is -0.0379. The second kappa shape index (κ2) is 6.96. The lowest BCUT2D eigenvalue weighted by Crippen LogP contribution is -2.09. The van der Waals surface area contributed by atoms with E-state index in [1.807, 2.05) is 43.3 Å². The summed E-state index contributed by atoms with van der Waals surface area (Å²) in [4.78, 5) is 0. The average Bonchev–Trinajstić information content (AvgIpc) is 2.50. The maximum atomic E-state index is 6.13. The fourth-order valence-corrected chi connectivity index (χ4v) is 2.18. The Labute approximate surface area is 120 Å². The van der Waals surface area contributed by atoms with Crippen molar-refractivity contribution in [3.05, 3.63) is 59.7 Å². The summed E-state index contributed by atoms with van der Waals surface area (Å²) in [6, 6.07) is 16.0. The van der Waals surface area contributed by atoms with Crippen molar-refractivity contribution in [1.82, 2.24) is 0 Å². The summed E-state index contributed by atoms with van der Waals surface area (Å²) in [5, 5.41) is 0. The van der Waals surface area contributed by atoms with Gasteiger partial charge in [0.2, 0.25) is 0 Å². The summed E-state index contributed by atoms with van der Waals surface area (Å²) in [6.45, 7) is 2.62. The predicted molar refractivity (Wildman–Crippen MR) is 81.2 cm³/mol. The Morgan fingerprint density at radius 1 is 1.05 bits per heavy atom. The second-order valence-electron chi connectivity index (χ2n) is 4.66. The Hall–Kier alpha value is -2.00. The first-order chi connectivity index (χ1) is 9.76. The molecule has 20 heavy (non-hydrogen) atoms. The Kier molecular flexibility index (Phi) is 5.02. The SMILES string of the molecule is COc1cccc(CCN)c1OC(C)c1ccccc1. The van der Waals surface area contributed by atoms with Crippen LogP contribution < -0.4 is 15.2 Å². The molecule has 0 radical (unpaired) electrons. The van der Waals surface area contributed by atoms with Crippen molar-refractivity contribution in [2.75, 3.05) is 13.7 Å². The minimum absolute atomic E-state index is 0.0379. The Bertz CT molecular complexity index is 540. The molecule has 1 atom stereocenters. The molecule has 0 fully saturated rings. The highest BCUT2D eigenvalue weighted by Gasteiger charge is 2.14. The number of nitrogens with two attached hydrogens (primary N) is 1. The third kappa shape index (κ3) is 3.31. The molecule has 2 aromatic rings. The van der Waals surface area contributed by atoms with E-state index in [1.54, 1.807) is 7.11 Å². The van der Waals surface area contributed by atoms with Gasteiger partial charge in [-0.3, -0.25) is 0 Å². The summed E-state index contributed by atoms with van der Waals surface area (Å²) < 4.78 is 11.5. The molecule has 0 heterocycles. The first kappa shape index (κ1) is 14.4. The number of rotatable bonds is 6. The monoisotopic (exact) mass is 271 g/mol. The topological polar surface area (TPSA) is 44.5 Å². The van der Waals surface area contributed by atoms with E-state index in [-0.39, 0.29) is 6.10 Å². The Morgan fingerprint density at radius 3 is 2.45 bits per heavy atom. The Balaban J connectivity index is 2.27. The van der Waals surface area contributed by atoms with Gasteiger partial charge in [-0.25, -0.2) is 0 Å². The summed E-state index contributed by atoms with van der Waals surface area (Å²) in [5.41, 5.74) is 7.88. The molecule has 0 aliphatic rings. The average molecular weight is 271 g/mol. The summed E-state index contributed by atoms with van der Waals surface area (Å²) in [6.07, 6.45) is 0.734. The highest BCUT2D eigenvalue weighted by Crippen LogP contribution is 2.34. The van der Waals surface area contributed by atoms with Crippen molar-refractivity contribution >= 4 is 0 Å². The molecule has 0 aliphatic carbocycles. The van der Waals surface area contributed by atoms with E-state index in [0.29, 0.717) is 6.54 Å². The molecule has 2 rings (SSSR count). The predicted octanol–water partition coefficient (Wildman–Crippen LogP) is 3.34. The van der Waals surface area contributed by atoms with E-state index in [0.717, 1.165) is 29.0 Å². The summed E-state index contributed by atoms with van der Waals surface area (Å²) >= 11 is 0. The van der Waals surface area contributed by atoms with Crippen molar-refractivity contribution in [2.24, 2.45) is 5.73 Å². The van der Waals surface area contributed by atoms with E-state index < -0.39 is 0 Å². The Morgan fingerprint density at radius 2 is 1.80 bits per heavy atom. The van der Waals surface area contributed by atoms with Gasteiger partial charge in [0.1, 0.15) is 6.10 Å². The van der Waals surface area contributed by atoms with Crippen LogP contribution >= 0.6 is 0 Å². The summed E-state index contributed by atoms with van der Waals surface area (Å²) in [7, 11) is 1.65. The quantitative estimate of drug-likeness (QED) is 0.876. The smallest absolute Gasteiger partial charge is 0.165 e. The maximum absolute atomic E-state index is 6.13. The lowest BCUT2D eigenvalue weighted by molar-refractivity contribution is 0.213. The maximum Gasteiger partial charge on any atom is 0.165 e. The molecule has 0 saturated heterocycles. The van der Waals surface area contributed by atoms with Crippen molar-refractivity contribution in [1.29, 1.82) is 0 Å². The molecule has 0 bridgehead atoms. The molecule has 0 spiro atoms. The number of hydrogen-bond donors (Lipinski definition) is 1. The number of ether oxygens (including phenoxy) is 2. The standard InChI is InChI=1S/C17H21NO2/c1-13(14-7-4-3-5-8-14)20-17-15(11-12-18)9-6-10-16(17)19-2/h3-10,13H,11-12,18H2,1-2H3.